The SMILES string of the molecule is CCCCCC(C#N)(CCCN1CCC(=C2c3ccccc3C=Cc3ccccc32)CC1)c1ccccc1. The Hall–Kier alpha value is -3.41. The van der Waals surface area contributed by atoms with E-state index in [-0.39, 0.29) is 5.41 Å². The second kappa shape index (κ2) is 12.4. The number of nitriles is 1. The van der Waals surface area contributed by atoms with E-state index in [2.05, 4.69) is 109 Å². The molecule has 1 aliphatic heterocycles. The van der Waals surface area contributed by atoms with Crippen molar-refractivity contribution in [1.29, 1.82) is 5.26 Å². The van der Waals surface area contributed by atoms with Crippen LogP contribution < -0.4 is 0 Å². The van der Waals surface area contributed by atoms with Crippen molar-refractivity contribution in [2.45, 2.75) is 63.7 Å². The Labute approximate surface area is 229 Å². The Bertz CT molecular complexity index is 1270. The van der Waals surface area contributed by atoms with Crippen molar-refractivity contribution in [1.82, 2.24) is 4.90 Å². The number of rotatable bonds is 9. The largest absolute Gasteiger partial charge is 0.303 e. The Morgan fingerprint density at radius 1 is 0.737 bits per heavy atom. The Morgan fingerprint density at radius 3 is 1.92 bits per heavy atom. The van der Waals surface area contributed by atoms with Crippen LogP contribution in [0.25, 0.3) is 17.7 Å². The first-order valence-corrected chi connectivity index (χ1v) is 14.5. The standard InChI is InChI=1S/C36H40N2/c1-2-3-11-23-36(28-37,32-15-5-4-6-16-32)24-12-25-38-26-21-31(22-27-38)35-33-17-9-7-13-29(33)19-20-30-14-8-10-18-34(30)35/h4-10,13-20H,2-3,11-12,21-27H2,1H3. The van der Waals surface area contributed by atoms with Crippen LogP contribution in [0.4, 0.5) is 0 Å². The van der Waals surface area contributed by atoms with E-state index in [4.69, 9.17) is 0 Å². The molecule has 0 spiro atoms. The van der Waals surface area contributed by atoms with Gasteiger partial charge in [0.15, 0.2) is 0 Å². The molecule has 3 aromatic rings. The van der Waals surface area contributed by atoms with Crippen molar-refractivity contribution in [3.63, 3.8) is 0 Å². The summed E-state index contributed by atoms with van der Waals surface area (Å²) < 4.78 is 0. The van der Waals surface area contributed by atoms with Crippen molar-refractivity contribution in [3.05, 3.63) is 112 Å². The Morgan fingerprint density at radius 2 is 1.32 bits per heavy atom. The fraction of sp³-hybridized carbons (Fsp3) is 0.361. The summed E-state index contributed by atoms with van der Waals surface area (Å²) in [5.74, 6) is 0. The second-order valence-corrected chi connectivity index (χ2v) is 10.9. The summed E-state index contributed by atoms with van der Waals surface area (Å²) in [7, 11) is 0. The molecule has 0 amide bonds. The van der Waals surface area contributed by atoms with Gasteiger partial charge in [0.05, 0.1) is 11.5 Å². The van der Waals surface area contributed by atoms with E-state index in [9.17, 15) is 5.26 Å². The topological polar surface area (TPSA) is 27.0 Å². The molecule has 0 saturated carbocycles. The lowest BCUT2D eigenvalue weighted by molar-refractivity contribution is 0.243. The molecular formula is C36H40N2. The fourth-order valence-electron chi connectivity index (χ4n) is 6.37. The van der Waals surface area contributed by atoms with Gasteiger partial charge < -0.3 is 4.90 Å². The van der Waals surface area contributed by atoms with Crippen molar-refractivity contribution < 1.29 is 0 Å². The molecule has 2 heteroatoms. The molecule has 1 aliphatic carbocycles. The monoisotopic (exact) mass is 500 g/mol. The molecule has 1 fully saturated rings. The van der Waals surface area contributed by atoms with E-state index in [0.717, 1.165) is 58.2 Å². The molecule has 1 saturated heterocycles. The van der Waals surface area contributed by atoms with Gasteiger partial charge in [-0.05, 0) is 72.0 Å². The van der Waals surface area contributed by atoms with Crippen LogP contribution in [0.1, 0.15) is 86.1 Å². The van der Waals surface area contributed by atoms with Crippen LogP contribution >= 0.6 is 0 Å². The van der Waals surface area contributed by atoms with Gasteiger partial charge in [-0.25, -0.2) is 0 Å². The van der Waals surface area contributed by atoms with Gasteiger partial charge in [-0.15, -0.1) is 0 Å². The number of benzene rings is 3. The van der Waals surface area contributed by atoms with Gasteiger partial charge in [0, 0.05) is 13.1 Å². The quantitative estimate of drug-likeness (QED) is 0.215. The molecule has 0 bridgehead atoms. The van der Waals surface area contributed by atoms with Gasteiger partial charge in [0.1, 0.15) is 0 Å². The predicted molar refractivity (Wildman–Crippen MR) is 161 cm³/mol. The van der Waals surface area contributed by atoms with Gasteiger partial charge in [-0.2, -0.15) is 5.26 Å². The van der Waals surface area contributed by atoms with E-state index in [1.165, 1.54) is 46.2 Å². The van der Waals surface area contributed by atoms with Crippen LogP contribution in [-0.4, -0.2) is 24.5 Å². The zero-order valence-electron chi connectivity index (χ0n) is 22.8. The van der Waals surface area contributed by atoms with Crippen LogP contribution in [0, 0.1) is 11.3 Å². The first-order valence-electron chi connectivity index (χ1n) is 14.5. The van der Waals surface area contributed by atoms with Crippen molar-refractivity contribution >= 4 is 17.7 Å². The van der Waals surface area contributed by atoms with E-state index in [1.807, 2.05) is 0 Å². The maximum atomic E-state index is 10.4. The van der Waals surface area contributed by atoms with Crippen LogP contribution in [0.3, 0.4) is 0 Å². The maximum absolute atomic E-state index is 10.4. The van der Waals surface area contributed by atoms with Gasteiger partial charge in [-0.3, -0.25) is 0 Å². The number of nitrogens with zero attached hydrogens (tertiary/aromatic N) is 2. The third-order valence-corrected chi connectivity index (χ3v) is 8.54. The lowest BCUT2D eigenvalue weighted by Crippen LogP contribution is -2.33. The van der Waals surface area contributed by atoms with Crippen molar-refractivity contribution in [3.8, 4) is 6.07 Å². The molecular weight excluding hydrogens is 460 g/mol. The average molecular weight is 501 g/mol. The highest BCUT2D eigenvalue weighted by molar-refractivity contribution is 5.94. The van der Waals surface area contributed by atoms with Crippen LogP contribution in [0.2, 0.25) is 0 Å². The molecule has 0 aromatic heterocycles. The van der Waals surface area contributed by atoms with E-state index < -0.39 is 0 Å². The lowest BCUT2D eigenvalue weighted by Gasteiger charge is -2.32. The number of piperidine rings is 1. The number of hydrogen-bond acceptors (Lipinski definition) is 2. The molecule has 0 N–H and O–H groups in total. The number of hydrogen-bond donors (Lipinski definition) is 0. The summed E-state index contributed by atoms with van der Waals surface area (Å²) in [6.45, 7) is 5.50. The minimum atomic E-state index is -0.361. The summed E-state index contributed by atoms with van der Waals surface area (Å²) in [6.07, 6.45) is 13.2. The number of fused-ring (bicyclic) bond motifs is 2. The summed E-state index contributed by atoms with van der Waals surface area (Å²) in [6, 6.07) is 31.0. The summed E-state index contributed by atoms with van der Waals surface area (Å²) in [4.78, 5) is 2.62. The second-order valence-electron chi connectivity index (χ2n) is 10.9. The molecule has 1 unspecified atom stereocenters. The fourth-order valence-corrected chi connectivity index (χ4v) is 6.37. The summed E-state index contributed by atoms with van der Waals surface area (Å²) in [5, 5.41) is 10.4. The molecule has 2 nitrogen and oxygen atoms in total. The van der Waals surface area contributed by atoms with E-state index in [1.54, 1.807) is 5.57 Å². The molecule has 194 valence electrons. The zero-order valence-corrected chi connectivity index (χ0v) is 22.8. The third kappa shape index (κ3) is 5.69. The molecule has 38 heavy (non-hydrogen) atoms. The Kier molecular flexibility index (Phi) is 8.57. The lowest BCUT2D eigenvalue weighted by atomic mass is 9.74. The third-order valence-electron chi connectivity index (χ3n) is 8.54. The normalized spacial score (nSPS) is 16.7. The first kappa shape index (κ1) is 26.2. The van der Waals surface area contributed by atoms with Crippen LogP contribution in [-0.2, 0) is 5.41 Å². The molecule has 0 radical (unpaired) electrons. The summed E-state index contributed by atoms with van der Waals surface area (Å²) >= 11 is 0. The average Bonchev–Trinajstić information content (AvgIpc) is 3.14. The van der Waals surface area contributed by atoms with E-state index >= 15 is 0 Å². The molecule has 3 aromatic carbocycles. The summed E-state index contributed by atoms with van der Waals surface area (Å²) in [5.41, 5.74) is 9.22. The molecule has 1 heterocycles. The van der Waals surface area contributed by atoms with Gasteiger partial charge in [0.25, 0.3) is 0 Å². The van der Waals surface area contributed by atoms with Crippen LogP contribution in [0.5, 0.6) is 0 Å². The minimum Gasteiger partial charge on any atom is -0.303 e. The first-order chi connectivity index (χ1) is 18.7. The zero-order chi connectivity index (χ0) is 26.2. The maximum Gasteiger partial charge on any atom is 0.0822 e. The number of likely N-dealkylation sites (tertiary alicyclic amines) is 1. The minimum absolute atomic E-state index is 0.361. The Balaban J connectivity index is 1.28. The number of unbranched alkanes of at least 4 members (excludes halogenated alkanes) is 2. The van der Waals surface area contributed by atoms with Crippen molar-refractivity contribution in [2.75, 3.05) is 19.6 Å². The highest BCUT2D eigenvalue weighted by atomic mass is 15.1. The molecule has 2 aliphatic rings. The highest BCUT2D eigenvalue weighted by Crippen LogP contribution is 2.39. The predicted octanol–water partition coefficient (Wildman–Crippen LogP) is 8.89. The van der Waals surface area contributed by atoms with Gasteiger partial charge >= 0.3 is 0 Å². The smallest absolute Gasteiger partial charge is 0.0822 e. The highest BCUT2D eigenvalue weighted by Gasteiger charge is 2.31. The van der Waals surface area contributed by atoms with Gasteiger partial charge in [-0.1, -0.05) is 123 Å². The van der Waals surface area contributed by atoms with E-state index in [0.29, 0.717) is 0 Å². The molecule has 1 atom stereocenters. The molecule has 5 rings (SSSR count). The van der Waals surface area contributed by atoms with Gasteiger partial charge in [0.2, 0.25) is 0 Å². The van der Waals surface area contributed by atoms with Crippen molar-refractivity contribution in [2.24, 2.45) is 0 Å². The van der Waals surface area contributed by atoms with Crippen LogP contribution in [0.15, 0.2) is 84.4 Å².